The lowest BCUT2D eigenvalue weighted by molar-refractivity contribution is -0.126. The third kappa shape index (κ3) is 6.23. The fourth-order valence-electron chi connectivity index (χ4n) is 1.76. The molecule has 98 valence electrons. The van der Waals surface area contributed by atoms with Gasteiger partial charge in [-0.2, -0.15) is 0 Å². The topological polar surface area (TPSA) is 79.5 Å². The molecule has 17 heavy (non-hydrogen) atoms. The minimum Gasteiger partial charge on any atom is -0.383 e. The summed E-state index contributed by atoms with van der Waals surface area (Å²) >= 11 is 0. The molecular formula is C11H21N3O3. The number of hydrogen-bond donors (Lipinski definition) is 3. The minimum atomic E-state index is -0.185. The molecule has 0 saturated carbocycles. The van der Waals surface area contributed by atoms with Gasteiger partial charge in [0.25, 0.3) is 0 Å². The van der Waals surface area contributed by atoms with E-state index in [-0.39, 0.29) is 24.4 Å². The molecule has 6 nitrogen and oxygen atoms in total. The first-order chi connectivity index (χ1) is 8.22. The third-order valence-electron chi connectivity index (χ3n) is 2.67. The van der Waals surface area contributed by atoms with Crippen LogP contribution in [0.2, 0.25) is 0 Å². The molecule has 1 rings (SSSR count). The molecule has 1 unspecified atom stereocenters. The molecule has 1 aliphatic rings. The van der Waals surface area contributed by atoms with Crippen molar-refractivity contribution >= 4 is 11.8 Å². The van der Waals surface area contributed by atoms with Crippen LogP contribution in [0, 0.1) is 0 Å². The lowest BCUT2D eigenvalue weighted by Crippen LogP contribution is -2.39. The molecule has 0 aromatic carbocycles. The second-order valence-electron chi connectivity index (χ2n) is 4.12. The smallest absolute Gasteiger partial charge is 0.239 e. The molecule has 0 aliphatic carbocycles. The average Bonchev–Trinajstić information content (AvgIpc) is 2.79. The van der Waals surface area contributed by atoms with Gasteiger partial charge in [-0.3, -0.25) is 9.59 Å². The van der Waals surface area contributed by atoms with Gasteiger partial charge in [0.2, 0.25) is 11.8 Å². The fraction of sp³-hybridized carbons (Fsp3) is 0.818. The third-order valence-corrected chi connectivity index (χ3v) is 2.67. The van der Waals surface area contributed by atoms with E-state index in [4.69, 9.17) is 4.74 Å². The molecule has 0 bridgehead atoms. The molecule has 0 aromatic heterocycles. The van der Waals surface area contributed by atoms with E-state index in [1.165, 1.54) is 0 Å². The number of methoxy groups -OCH3 is 1. The van der Waals surface area contributed by atoms with Crippen LogP contribution in [0.25, 0.3) is 0 Å². The van der Waals surface area contributed by atoms with E-state index in [0.29, 0.717) is 19.6 Å². The summed E-state index contributed by atoms with van der Waals surface area (Å²) < 4.78 is 4.80. The number of carbonyl (C=O) groups is 2. The van der Waals surface area contributed by atoms with E-state index >= 15 is 0 Å². The van der Waals surface area contributed by atoms with Crippen LogP contribution in [0.15, 0.2) is 0 Å². The minimum absolute atomic E-state index is 0.0370. The molecule has 1 saturated heterocycles. The second kappa shape index (κ2) is 8.03. The lowest BCUT2D eigenvalue weighted by Gasteiger charge is -2.10. The molecule has 1 heterocycles. The van der Waals surface area contributed by atoms with Crippen LogP contribution in [0.5, 0.6) is 0 Å². The number of amides is 2. The van der Waals surface area contributed by atoms with E-state index in [1.54, 1.807) is 7.11 Å². The van der Waals surface area contributed by atoms with Crippen molar-refractivity contribution in [3.05, 3.63) is 0 Å². The van der Waals surface area contributed by atoms with Gasteiger partial charge >= 0.3 is 0 Å². The summed E-state index contributed by atoms with van der Waals surface area (Å²) in [6, 6.07) is 0.270. The van der Waals surface area contributed by atoms with Gasteiger partial charge in [-0.25, -0.2) is 0 Å². The maximum Gasteiger partial charge on any atom is 0.239 e. The molecule has 0 spiro atoms. The zero-order valence-corrected chi connectivity index (χ0v) is 10.3. The highest BCUT2D eigenvalue weighted by molar-refractivity contribution is 5.84. The summed E-state index contributed by atoms with van der Waals surface area (Å²) in [5.74, 6) is -0.263. The van der Waals surface area contributed by atoms with E-state index < -0.39 is 0 Å². The van der Waals surface area contributed by atoms with E-state index in [0.717, 1.165) is 19.4 Å². The SMILES string of the molecule is COCCNC(=O)CNC(=O)CC1CCCN1. The van der Waals surface area contributed by atoms with E-state index in [2.05, 4.69) is 16.0 Å². The summed E-state index contributed by atoms with van der Waals surface area (Å²) in [6.07, 6.45) is 2.61. The van der Waals surface area contributed by atoms with Crippen LogP contribution < -0.4 is 16.0 Å². The Morgan fingerprint density at radius 3 is 2.82 bits per heavy atom. The maximum absolute atomic E-state index is 11.5. The highest BCUT2D eigenvalue weighted by Crippen LogP contribution is 2.07. The Bertz CT molecular complexity index is 252. The first-order valence-corrected chi connectivity index (χ1v) is 5.98. The van der Waals surface area contributed by atoms with Gasteiger partial charge < -0.3 is 20.7 Å². The monoisotopic (exact) mass is 243 g/mol. The summed E-state index contributed by atoms with van der Waals surface area (Å²) in [7, 11) is 1.57. The number of ether oxygens (including phenoxy) is 1. The van der Waals surface area contributed by atoms with E-state index in [9.17, 15) is 9.59 Å². The van der Waals surface area contributed by atoms with Gasteiger partial charge in [0.05, 0.1) is 13.2 Å². The first-order valence-electron chi connectivity index (χ1n) is 5.98. The van der Waals surface area contributed by atoms with Crippen molar-refractivity contribution in [3.63, 3.8) is 0 Å². The molecule has 6 heteroatoms. The van der Waals surface area contributed by atoms with Gasteiger partial charge in [-0.05, 0) is 19.4 Å². The molecule has 1 atom stereocenters. The Morgan fingerprint density at radius 1 is 1.35 bits per heavy atom. The van der Waals surface area contributed by atoms with Gasteiger partial charge in [-0.15, -0.1) is 0 Å². The summed E-state index contributed by atoms with van der Waals surface area (Å²) in [5, 5.41) is 8.48. The van der Waals surface area contributed by atoms with Crippen LogP contribution >= 0.6 is 0 Å². The molecule has 1 fully saturated rings. The quantitative estimate of drug-likeness (QED) is 0.502. The van der Waals surface area contributed by atoms with Crippen molar-refractivity contribution in [1.29, 1.82) is 0 Å². The summed E-state index contributed by atoms with van der Waals surface area (Å²) in [4.78, 5) is 22.7. The van der Waals surface area contributed by atoms with Crippen molar-refractivity contribution in [2.45, 2.75) is 25.3 Å². The van der Waals surface area contributed by atoms with Gasteiger partial charge in [0.15, 0.2) is 0 Å². The molecule has 2 amide bonds. The molecule has 3 N–H and O–H groups in total. The number of rotatable bonds is 7. The van der Waals surface area contributed by atoms with Crippen LogP contribution in [-0.4, -0.2) is 51.2 Å². The zero-order valence-electron chi connectivity index (χ0n) is 10.3. The predicted octanol–water partition coefficient (Wildman–Crippen LogP) is -0.993. The summed E-state index contributed by atoms with van der Waals surface area (Å²) in [5.41, 5.74) is 0. The Kier molecular flexibility index (Phi) is 6.57. The molecule has 0 radical (unpaired) electrons. The van der Waals surface area contributed by atoms with Gasteiger partial charge in [0, 0.05) is 26.1 Å². The standard InChI is InChI=1S/C11H21N3O3/c1-17-6-5-13-11(16)8-14-10(15)7-9-3-2-4-12-9/h9,12H,2-8H2,1H3,(H,13,16)(H,14,15). The van der Waals surface area contributed by atoms with Crippen LogP contribution in [0.4, 0.5) is 0 Å². The lowest BCUT2D eigenvalue weighted by atomic mass is 10.1. The number of nitrogens with one attached hydrogen (secondary N) is 3. The Balaban J connectivity index is 2.04. The number of hydrogen-bond acceptors (Lipinski definition) is 4. The van der Waals surface area contributed by atoms with Gasteiger partial charge in [-0.1, -0.05) is 0 Å². The molecule has 1 aliphatic heterocycles. The van der Waals surface area contributed by atoms with Gasteiger partial charge in [0.1, 0.15) is 0 Å². The Labute approximate surface area is 101 Å². The number of carbonyl (C=O) groups excluding carboxylic acids is 2. The highest BCUT2D eigenvalue weighted by atomic mass is 16.5. The fourth-order valence-corrected chi connectivity index (χ4v) is 1.76. The zero-order chi connectivity index (χ0) is 12.5. The van der Waals surface area contributed by atoms with Crippen molar-refractivity contribution < 1.29 is 14.3 Å². The molecular weight excluding hydrogens is 222 g/mol. The first kappa shape index (κ1) is 13.9. The van der Waals surface area contributed by atoms with Crippen LogP contribution in [0.1, 0.15) is 19.3 Å². The van der Waals surface area contributed by atoms with Crippen molar-refractivity contribution in [1.82, 2.24) is 16.0 Å². The van der Waals surface area contributed by atoms with Crippen molar-refractivity contribution in [2.75, 3.05) is 33.4 Å². The summed E-state index contributed by atoms with van der Waals surface area (Å²) in [6.45, 7) is 1.96. The van der Waals surface area contributed by atoms with Crippen molar-refractivity contribution in [3.8, 4) is 0 Å². The normalized spacial score (nSPS) is 19.0. The Morgan fingerprint density at radius 2 is 2.18 bits per heavy atom. The molecule has 0 aromatic rings. The van der Waals surface area contributed by atoms with Crippen LogP contribution in [-0.2, 0) is 14.3 Å². The van der Waals surface area contributed by atoms with Crippen LogP contribution in [0.3, 0.4) is 0 Å². The predicted molar refractivity (Wildman–Crippen MR) is 63.5 cm³/mol. The van der Waals surface area contributed by atoms with E-state index in [1.807, 2.05) is 0 Å². The highest BCUT2D eigenvalue weighted by Gasteiger charge is 2.17. The maximum atomic E-state index is 11.5. The Hall–Kier alpha value is -1.14. The largest absolute Gasteiger partial charge is 0.383 e. The average molecular weight is 243 g/mol. The second-order valence-corrected chi connectivity index (χ2v) is 4.12. The van der Waals surface area contributed by atoms with Crippen molar-refractivity contribution in [2.24, 2.45) is 0 Å².